The largest absolute Gasteiger partial charge is 0.481 e. The second kappa shape index (κ2) is 5.12. The van der Waals surface area contributed by atoms with Gasteiger partial charge in [0.25, 0.3) is 0 Å². The quantitative estimate of drug-likeness (QED) is 0.845. The molecule has 0 bridgehead atoms. The number of hydrogen-bond acceptors (Lipinski definition) is 3. The van der Waals surface area contributed by atoms with Crippen molar-refractivity contribution in [2.75, 3.05) is 13.1 Å². The standard InChI is InChI=1S/C12H16N2O4/c1-8-6-14(7-10(8)11(15)16)12(17)13-5-9-3-2-4-18-9/h2-4,8,10H,5-7H2,1H3,(H,13,17)(H,15,16). The van der Waals surface area contributed by atoms with Crippen molar-refractivity contribution in [2.45, 2.75) is 13.5 Å². The van der Waals surface area contributed by atoms with Crippen LogP contribution in [0.25, 0.3) is 0 Å². The second-order valence-electron chi connectivity index (χ2n) is 4.57. The van der Waals surface area contributed by atoms with Crippen molar-refractivity contribution in [1.82, 2.24) is 10.2 Å². The lowest BCUT2D eigenvalue weighted by Gasteiger charge is -2.16. The van der Waals surface area contributed by atoms with Gasteiger partial charge in [-0.15, -0.1) is 0 Å². The summed E-state index contributed by atoms with van der Waals surface area (Å²) in [6, 6.07) is 3.27. The van der Waals surface area contributed by atoms with Crippen LogP contribution in [-0.2, 0) is 11.3 Å². The SMILES string of the molecule is CC1CN(C(=O)NCc2ccco2)CC1C(=O)O. The number of nitrogens with zero attached hydrogens (tertiary/aromatic N) is 1. The zero-order valence-corrected chi connectivity index (χ0v) is 10.1. The van der Waals surface area contributed by atoms with E-state index in [0.717, 1.165) is 0 Å². The molecule has 18 heavy (non-hydrogen) atoms. The average molecular weight is 252 g/mol. The second-order valence-corrected chi connectivity index (χ2v) is 4.57. The van der Waals surface area contributed by atoms with Crippen molar-refractivity contribution in [3.63, 3.8) is 0 Å². The number of carbonyl (C=O) groups is 2. The molecular formula is C12H16N2O4. The van der Waals surface area contributed by atoms with Gasteiger partial charge in [0.1, 0.15) is 5.76 Å². The lowest BCUT2D eigenvalue weighted by atomic mass is 9.99. The molecule has 1 aliphatic heterocycles. The maximum atomic E-state index is 11.8. The molecule has 0 radical (unpaired) electrons. The molecule has 1 aromatic rings. The maximum absolute atomic E-state index is 11.8. The summed E-state index contributed by atoms with van der Waals surface area (Å²) in [6.07, 6.45) is 1.54. The monoisotopic (exact) mass is 252 g/mol. The van der Waals surface area contributed by atoms with Gasteiger partial charge < -0.3 is 19.7 Å². The molecular weight excluding hydrogens is 236 g/mol. The average Bonchev–Trinajstić information content (AvgIpc) is 2.94. The molecule has 98 valence electrons. The molecule has 6 nitrogen and oxygen atoms in total. The fraction of sp³-hybridized carbons (Fsp3) is 0.500. The van der Waals surface area contributed by atoms with E-state index < -0.39 is 11.9 Å². The van der Waals surface area contributed by atoms with Crippen LogP contribution in [0.3, 0.4) is 0 Å². The Kier molecular flexibility index (Phi) is 3.55. The topological polar surface area (TPSA) is 82.8 Å². The van der Waals surface area contributed by atoms with E-state index in [9.17, 15) is 9.59 Å². The molecule has 2 N–H and O–H groups in total. The Morgan fingerprint density at radius 1 is 1.56 bits per heavy atom. The number of hydrogen-bond donors (Lipinski definition) is 2. The molecule has 0 aliphatic carbocycles. The summed E-state index contributed by atoms with van der Waals surface area (Å²) in [4.78, 5) is 24.3. The van der Waals surface area contributed by atoms with Gasteiger partial charge in [-0.25, -0.2) is 4.79 Å². The number of furan rings is 1. The van der Waals surface area contributed by atoms with Crippen molar-refractivity contribution >= 4 is 12.0 Å². The van der Waals surface area contributed by atoms with E-state index in [1.165, 1.54) is 4.90 Å². The number of urea groups is 1. The molecule has 0 saturated carbocycles. The fourth-order valence-electron chi connectivity index (χ4n) is 2.14. The van der Waals surface area contributed by atoms with Gasteiger partial charge in [-0.1, -0.05) is 6.92 Å². The molecule has 2 rings (SSSR count). The van der Waals surface area contributed by atoms with E-state index in [-0.39, 0.29) is 18.5 Å². The fourth-order valence-corrected chi connectivity index (χ4v) is 2.14. The number of carboxylic acid groups (broad SMARTS) is 1. The van der Waals surface area contributed by atoms with Crippen LogP contribution < -0.4 is 5.32 Å². The maximum Gasteiger partial charge on any atom is 0.317 e. The lowest BCUT2D eigenvalue weighted by molar-refractivity contribution is -0.142. The summed E-state index contributed by atoms with van der Waals surface area (Å²) in [5.41, 5.74) is 0. The highest BCUT2D eigenvalue weighted by Crippen LogP contribution is 2.23. The third-order valence-electron chi connectivity index (χ3n) is 3.21. The van der Waals surface area contributed by atoms with Crippen LogP contribution in [0.5, 0.6) is 0 Å². The molecule has 1 aromatic heterocycles. The van der Waals surface area contributed by atoms with Crippen LogP contribution >= 0.6 is 0 Å². The number of rotatable bonds is 3. The third-order valence-corrected chi connectivity index (χ3v) is 3.21. The number of amides is 2. The summed E-state index contributed by atoms with van der Waals surface area (Å²) in [5.74, 6) is -0.662. The van der Waals surface area contributed by atoms with Gasteiger partial charge in [0.15, 0.2) is 0 Å². The smallest absolute Gasteiger partial charge is 0.317 e. The minimum atomic E-state index is -0.844. The van der Waals surface area contributed by atoms with E-state index in [1.54, 1.807) is 18.4 Å². The normalized spacial score (nSPS) is 23.1. The first-order valence-electron chi connectivity index (χ1n) is 5.86. The van der Waals surface area contributed by atoms with Gasteiger partial charge in [-0.3, -0.25) is 4.79 Å². The molecule has 0 aromatic carbocycles. The first kappa shape index (κ1) is 12.5. The van der Waals surface area contributed by atoms with Crippen molar-refractivity contribution in [2.24, 2.45) is 11.8 Å². The summed E-state index contributed by atoms with van der Waals surface area (Å²) in [5, 5.41) is 11.7. The van der Waals surface area contributed by atoms with Gasteiger partial charge in [0.2, 0.25) is 0 Å². The number of likely N-dealkylation sites (tertiary alicyclic amines) is 1. The van der Waals surface area contributed by atoms with Gasteiger partial charge in [-0.05, 0) is 18.1 Å². The van der Waals surface area contributed by atoms with Crippen LogP contribution in [0, 0.1) is 11.8 Å². The summed E-state index contributed by atoms with van der Waals surface area (Å²) in [6.45, 7) is 2.90. The van der Waals surface area contributed by atoms with Gasteiger partial charge >= 0.3 is 12.0 Å². The molecule has 2 amide bonds. The van der Waals surface area contributed by atoms with E-state index in [1.807, 2.05) is 6.92 Å². The van der Waals surface area contributed by atoms with Crippen LogP contribution in [0.1, 0.15) is 12.7 Å². The number of nitrogens with one attached hydrogen (secondary N) is 1. The minimum Gasteiger partial charge on any atom is -0.481 e. The number of carbonyl (C=O) groups excluding carboxylic acids is 1. The Hall–Kier alpha value is -1.98. The molecule has 1 aliphatic rings. The van der Waals surface area contributed by atoms with Crippen molar-refractivity contribution < 1.29 is 19.1 Å². The molecule has 2 atom stereocenters. The van der Waals surface area contributed by atoms with Crippen LogP contribution in [0.2, 0.25) is 0 Å². The highest BCUT2D eigenvalue weighted by Gasteiger charge is 2.36. The summed E-state index contributed by atoms with van der Waals surface area (Å²) in [7, 11) is 0. The van der Waals surface area contributed by atoms with E-state index in [4.69, 9.17) is 9.52 Å². The van der Waals surface area contributed by atoms with Crippen molar-refractivity contribution in [3.05, 3.63) is 24.2 Å². The van der Waals surface area contributed by atoms with Gasteiger partial charge in [0.05, 0.1) is 18.7 Å². The molecule has 1 fully saturated rings. The Labute approximate surface area is 105 Å². The molecule has 2 heterocycles. The van der Waals surface area contributed by atoms with E-state index >= 15 is 0 Å². The molecule has 2 unspecified atom stereocenters. The molecule has 0 spiro atoms. The Bertz CT molecular complexity index is 429. The Balaban J connectivity index is 1.85. The highest BCUT2D eigenvalue weighted by molar-refractivity contribution is 5.77. The first-order valence-corrected chi connectivity index (χ1v) is 5.86. The number of carboxylic acids is 1. The highest BCUT2D eigenvalue weighted by atomic mass is 16.4. The zero-order chi connectivity index (χ0) is 13.1. The minimum absolute atomic E-state index is 0.0168. The van der Waals surface area contributed by atoms with E-state index in [0.29, 0.717) is 18.8 Å². The van der Waals surface area contributed by atoms with Crippen LogP contribution in [0.15, 0.2) is 22.8 Å². The van der Waals surface area contributed by atoms with Crippen molar-refractivity contribution in [1.29, 1.82) is 0 Å². The van der Waals surface area contributed by atoms with Crippen LogP contribution in [-0.4, -0.2) is 35.1 Å². The Morgan fingerprint density at radius 2 is 2.33 bits per heavy atom. The predicted molar refractivity (Wildman–Crippen MR) is 62.8 cm³/mol. The predicted octanol–water partition coefficient (Wildman–Crippen LogP) is 1.14. The Morgan fingerprint density at radius 3 is 2.89 bits per heavy atom. The van der Waals surface area contributed by atoms with Crippen molar-refractivity contribution in [3.8, 4) is 0 Å². The zero-order valence-electron chi connectivity index (χ0n) is 10.1. The first-order chi connectivity index (χ1) is 8.58. The van der Waals surface area contributed by atoms with Gasteiger partial charge in [-0.2, -0.15) is 0 Å². The molecule has 1 saturated heterocycles. The summed E-state index contributed by atoms with van der Waals surface area (Å²) < 4.78 is 5.10. The van der Waals surface area contributed by atoms with Gasteiger partial charge in [0, 0.05) is 13.1 Å². The lowest BCUT2D eigenvalue weighted by Crippen LogP contribution is -2.38. The van der Waals surface area contributed by atoms with E-state index in [2.05, 4.69) is 5.32 Å². The summed E-state index contributed by atoms with van der Waals surface area (Å²) >= 11 is 0. The third kappa shape index (κ3) is 2.64. The molecule has 6 heteroatoms. The van der Waals surface area contributed by atoms with Crippen LogP contribution in [0.4, 0.5) is 4.79 Å². The number of aliphatic carboxylic acids is 1.